The molecule has 0 aliphatic rings. The molecule has 0 atom stereocenters. The molecule has 0 amide bonds. The molecule has 0 unspecified atom stereocenters. The van der Waals surface area contributed by atoms with Crippen LogP contribution in [-0.2, 0) is 0 Å². The van der Waals surface area contributed by atoms with Crippen LogP contribution in [0.25, 0.3) is 0 Å². The second kappa shape index (κ2) is 5.83. The molecule has 0 fully saturated rings. The van der Waals surface area contributed by atoms with Crippen LogP contribution >= 0.6 is 11.8 Å². The molecule has 0 saturated heterocycles. The zero-order valence-corrected chi connectivity index (χ0v) is 9.14. The van der Waals surface area contributed by atoms with Crippen molar-refractivity contribution in [3.05, 3.63) is 29.8 Å². The van der Waals surface area contributed by atoms with Crippen molar-refractivity contribution in [1.82, 2.24) is 0 Å². The third-order valence-corrected chi connectivity index (χ3v) is 2.75. The summed E-state index contributed by atoms with van der Waals surface area (Å²) in [7, 11) is 0. The Morgan fingerprint density at radius 2 is 2.00 bits per heavy atom. The van der Waals surface area contributed by atoms with E-state index in [2.05, 4.69) is 6.92 Å². The summed E-state index contributed by atoms with van der Waals surface area (Å²) in [6, 6.07) is 7.71. The zero-order chi connectivity index (χ0) is 10.4. The monoisotopic (exact) mass is 209 g/mol. The van der Waals surface area contributed by atoms with E-state index in [1.54, 1.807) is 11.8 Å². The second-order valence-electron chi connectivity index (χ2n) is 2.92. The van der Waals surface area contributed by atoms with Gasteiger partial charge in [-0.1, -0.05) is 19.1 Å². The van der Waals surface area contributed by atoms with Gasteiger partial charge in [0.05, 0.1) is 0 Å². The van der Waals surface area contributed by atoms with E-state index in [0.717, 1.165) is 11.3 Å². The number of hydrogen-bond acceptors (Lipinski definition) is 3. The van der Waals surface area contributed by atoms with Gasteiger partial charge in [-0.2, -0.15) is 0 Å². The van der Waals surface area contributed by atoms with E-state index in [0.29, 0.717) is 13.0 Å². The van der Waals surface area contributed by atoms with Crippen LogP contribution in [0.4, 0.5) is 0 Å². The number of thioether (sulfide) groups is 1. The van der Waals surface area contributed by atoms with Crippen LogP contribution < -0.4 is 5.73 Å². The Bertz CT molecular complexity index is 295. The van der Waals surface area contributed by atoms with E-state index >= 15 is 0 Å². The summed E-state index contributed by atoms with van der Waals surface area (Å²) in [5.41, 5.74) is 6.08. The maximum absolute atomic E-state index is 11.4. The van der Waals surface area contributed by atoms with Crippen molar-refractivity contribution in [2.45, 2.75) is 18.2 Å². The van der Waals surface area contributed by atoms with Crippen LogP contribution in [0, 0.1) is 0 Å². The number of carbonyl (C=O) groups excluding carboxylic acids is 1. The highest BCUT2D eigenvalue weighted by molar-refractivity contribution is 7.99. The van der Waals surface area contributed by atoms with Crippen LogP contribution in [0.3, 0.4) is 0 Å². The van der Waals surface area contributed by atoms with E-state index in [4.69, 9.17) is 5.73 Å². The molecular weight excluding hydrogens is 194 g/mol. The minimum atomic E-state index is 0.126. The highest BCUT2D eigenvalue weighted by Crippen LogP contribution is 2.18. The number of benzene rings is 1. The molecule has 1 rings (SSSR count). The lowest BCUT2D eigenvalue weighted by molar-refractivity contribution is 0.0985. The molecule has 0 heterocycles. The zero-order valence-electron chi connectivity index (χ0n) is 8.32. The van der Waals surface area contributed by atoms with Crippen LogP contribution in [0.15, 0.2) is 29.2 Å². The molecule has 2 nitrogen and oxygen atoms in total. The molecule has 0 aliphatic carbocycles. The summed E-state index contributed by atoms with van der Waals surface area (Å²) in [6.45, 7) is 2.53. The highest BCUT2D eigenvalue weighted by Gasteiger charge is 2.03. The van der Waals surface area contributed by atoms with Gasteiger partial charge in [-0.15, -0.1) is 11.8 Å². The molecule has 0 saturated carbocycles. The lowest BCUT2D eigenvalue weighted by atomic mass is 10.1. The van der Waals surface area contributed by atoms with Gasteiger partial charge in [0.2, 0.25) is 0 Å². The Balaban J connectivity index is 2.67. The fourth-order valence-electron chi connectivity index (χ4n) is 1.18. The fraction of sp³-hybridized carbons (Fsp3) is 0.364. The summed E-state index contributed by atoms with van der Waals surface area (Å²) in [5.74, 6) is 1.18. The Labute approximate surface area is 88.9 Å². The molecule has 0 radical (unpaired) electrons. The predicted octanol–water partition coefficient (Wildman–Crippen LogP) is 2.33. The van der Waals surface area contributed by atoms with E-state index < -0.39 is 0 Å². The van der Waals surface area contributed by atoms with Crippen molar-refractivity contribution in [3.63, 3.8) is 0 Å². The quantitative estimate of drug-likeness (QED) is 0.598. The molecule has 2 N–H and O–H groups in total. The molecule has 3 heteroatoms. The van der Waals surface area contributed by atoms with Gasteiger partial charge in [0.1, 0.15) is 0 Å². The third-order valence-electron chi connectivity index (χ3n) is 1.86. The molecule has 1 aromatic rings. The largest absolute Gasteiger partial charge is 0.330 e. The Morgan fingerprint density at radius 1 is 1.36 bits per heavy atom. The number of hydrogen-bond donors (Lipinski definition) is 1. The predicted molar refractivity (Wildman–Crippen MR) is 60.8 cm³/mol. The second-order valence-corrected chi connectivity index (χ2v) is 4.26. The molecular formula is C11H15NOS. The summed E-state index contributed by atoms with van der Waals surface area (Å²) in [6.07, 6.45) is 0.431. The van der Waals surface area contributed by atoms with Gasteiger partial charge in [0.15, 0.2) is 5.78 Å². The molecule has 14 heavy (non-hydrogen) atoms. The van der Waals surface area contributed by atoms with E-state index in [1.165, 1.54) is 4.90 Å². The van der Waals surface area contributed by atoms with Gasteiger partial charge in [0.25, 0.3) is 0 Å². The van der Waals surface area contributed by atoms with Crippen molar-refractivity contribution in [2.75, 3.05) is 12.3 Å². The summed E-state index contributed by atoms with van der Waals surface area (Å²) < 4.78 is 0. The summed E-state index contributed by atoms with van der Waals surface area (Å²) in [4.78, 5) is 12.6. The average molecular weight is 209 g/mol. The van der Waals surface area contributed by atoms with Crippen LogP contribution in [-0.4, -0.2) is 18.1 Å². The number of nitrogens with two attached hydrogens (primary N) is 1. The third kappa shape index (κ3) is 3.16. The first kappa shape index (κ1) is 11.3. The minimum absolute atomic E-state index is 0.126. The van der Waals surface area contributed by atoms with E-state index in [1.807, 2.05) is 24.3 Å². The topological polar surface area (TPSA) is 43.1 Å². The van der Waals surface area contributed by atoms with Gasteiger partial charge in [-0.3, -0.25) is 4.79 Å². The Kier molecular flexibility index (Phi) is 4.70. The fourth-order valence-corrected chi connectivity index (χ4v) is 1.84. The van der Waals surface area contributed by atoms with Crippen molar-refractivity contribution in [2.24, 2.45) is 5.73 Å². The molecule has 76 valence electrons. The summed E-state index contributed by atoms with van der Waals surface area (Å²) >= 11 is 1.77. The van der Waals surface area contributed by atoms with Gasteiger partial charge >= 0.3 is 0 Å². The normalized spacial score (nSPS) is 10.1. The van der Waals surface area contributed by atoms with Crippen molar-refractivity contribution < 1.29 is 4.79 Å². The smallest absolute Gasteiger partial charge is 0.164 e. The van der Waals surface area contributed by atoms with Crippen LogP contribution in [0.1, 0.15) is 23.7 Å². The SMILES string of the molecule is CCSc1ccc(C(=O)CCN)cc1. The van der Waals surface area contributed by atoms with E-state index in [9.17, 15) is 4.79 Å². The average Bonchev–Trinajstić information content (AvgIpc) is 2.20. The van der Waals surface area contributed by atoms with Crippen molar-refractivity contribution in [3.8, 4) is 0 Å². The summed E-state index contributed by atoms with van der Waals surface area (Å²) in [5, 5.41) is 0. The van der Waals surface area contributed by atoms with Gasteiger partial charge in [-0.25, -0.2) is 0 Å². The molecule has 0 aromatic heterocycles. The lowest BCUT2D eigenvalue weighted by Gasteiger charge is -2.01. The number of Topliss-reactive ketones (excluding diaryl/α,β-unsaturated/α-hetero) is 1. The number of ketones is 1. The lowest BCUT2D eigenvalue weighted by Crippen LogP contribution is -2.07. The highest BCUT2D eigenvalue weighted by atomic mass is 32.2. The van der Waals surface area contributed by atoms with Crippen molar-refractivity contribution >= 4 is 17.5 Å². The first-order valence-electron chi connectivity index (χ1n) is 4.74. The maximum atomic E-state index is 11.4. The van der Waals surface area contributed by atoms with Gasteiger partial charge in [-0.05, 0) is 24.4 Å². The van der Waals surface area contributed by atoms with E-state index in [-0.39, 0.29) is 5.78 Å². The molecule has 1 aromatic carbocycles. The first-order chi connectivity index (χ1) is 6.77. The standard InChI is InChI=1S/C11H15NOS/c1-2-14-10-5-3-9(4-6-10)11(13)7-8-12/h3-6H,2,7-8,12H2,1H3. The number of carbonyl (C=O) groups is 1. The molecule has 0 spiro atoms. The Morgan fingerprint density at radius 3 is 2.50 bits per heavy atom. The number of rotatable bonds is 5. The Hall–Kier alpha value is -0.800. The maximum Gasteiger partial charge on any atom is 0.164 e. The minimum Gasteiger partial charge on any atom is -0.330 e. The van der Waals surface area contributed by atoms with Crippen LogP contribution in [0.2, 0.25) is 0 Å². The van der Waals surface area contributed by atoms with Gasteiger partial charge in [0, 0.05) is 16.9 Å². The first-order valence-corrected chi connectivity index (χ1v) is 5.72. The van der Waals surface area contributed by atoms with Gasteiger partial charge < -0.3 is 5.73 Å². The molecule has 0 aliphatic heterocycles. The van der Waals surface area contributed by atoms with Crippen molar-refractivity contribution in [1.29, 1.82) is 0 Å². The molecule has 0 bridgehead atoms. The van der Waals surface area contributed by atoms with Crippen LogP contribution in [0.5, 0.6) is 0 Å².